The van der Waals surface area contributed by atoms with Gasteiger partial charge in [-0.25, -0.2) is 0 Å². The fourth-order valence-corrected chi connectivity index (χ4v) is 2.11. The molecular formula is C14H28N2O3. The lowest BCUT2D eigenvalue weighted by molar-refractivity contribution is -0.144. The number of nitrogens with zero attached hydrogens (tertiary/aromatic N) is 1. The zero-order chi connectivity index (χ0) is 14.9. The smallest absolute Gasteiger partial charge is 0.323 e. The van der Waals surface area contributed by atoms with Crippen LogP contribution in [-0.2, 0) is 9.59 Å². The molecule has 0 saturated heterocycles. The van der Waals surface area contributed by atoms with Crippen molar-refractivity contribution in [2.45, 2.75) is 58.9 Å². The molecule has 0 aliphatic rings. The molecule has 5 heteroatoms. The van der Waals surface area contributed by atoms with Crippen molar-refractivity contribution in [1.82, 2.24) is 10.2 Å². The van der Waals surface area contributed by atoms with Gasteiger partial charge in [-0.1, -0.05) is 13.3 Å². The zero-order valence-corrected chi connectivity index (χ0v) is 12.7. The summed E-state index contributed by atoms with van der Waals surface area (Å²) in [6.07, 6.45) is 2.54. The van der Waals surface area contributed by atoms with E-state index in [1.807, 2.05) is 20.8 Å². The maximum Gasteiger partial charge on any atom is 0.323 e. The minimum absolute atomic E-state index is 0.138. The molecule has 0 heterocycles. The Morgan fingerprint density at radius 2 is 1.79 bits per heavy atom. The zero-order valence-electron chi connectivity index (χ0n) is 12.7. The van der Waals surface area contributed by atoms with Crippen molar-refractivity contribution in [3.63, 3.8) is 0 Å². The maximum absolute atomic E-state index is 11.8. The molecule has 1 amide bonds. The first kappa shape index (κ1) is 17.9. The second kappa shape index (κ2) is 8.91. The van der Waals surface area contributed by atoms with Gasteiger partial charge in [0.25, 0.3) is 0 Å². The van der Waals surface area contributed by atoms with Gasteiger partial charge in [0.15, 0.2) is 0 Å². The lowest BCUT2D eigenvalue weighted by atomic mass is 9.96. The highest BCUT2D eigenvalue weighted by molar-refractivity contribution is 5.78. The van der Waals surface area contributed by atoms with Crippen LogP contribution in [-0.4, -0.2) is 47.1 Å². The van der Waals surface area contributed by atoms with E-state index in [2.05, 4.69) is 5.32 Å². The molecule has 1 atom stereocenters. The molecule has 0 rings (SSSR count). The minimum Gasteiger partial charge on any atom is -0.480 e. The molecule has 0 saturated carbocycles. The number of carboxylic acids is 1. The van der Waals surface area contributed by atoms with Gasteiger partial charge in [-0.15, -0.1) is 0 Å². The topological polar surface area (TPSA) is 69.6 Å². The second-order valence-corrected chi connectivity index (χ2v) is 4.98. The first-order valence-electron chi connectivity index (χ1n) is 7.17. The summed E-state index contributed by atoms with van der Waals surface area (Å²) in [6, 6.07) is 0. The van der Waals surface area contributed by atoms with Gasteiger partial charge >= 0.3 is 5.97 Å². The van der Waals surface area contributed by atoms with Gasteiger partial charge in [0.05, 0.1) is 0 Å². The maximum atomic E-state index is 11.8. The van der Waals surface area contributed by atoms with Crippen molar-refractivity contribution in [2.75, 3.05) is 19.6 Å². The quantitative estimate of drug-likeness (QED) is 0.596. The molecule has 1 unspecified atom stereocenters. The van der Waals surface area contributed by atoms with Gasteiger partial charge in [0, 0.05) is 19.5 Å². The van der Waals surface area contributed by atoms with Crippen LogP contribution in [0.4, 0.5) is 0 Å². The number of hydrogen-bond acceptors (Lipinski definition) is 3. The molecule has 5 nitrogen and oxygen atoms in total. The van der Waals surface area contributed by atoms with E-state index in [0.717, 1.165) is 19.5 Å². The SMILES string of the molecule is CCCC(C)(NCCCC(=O)N(CC)CC)C(=O)O. The van der Waals surface area contributed by atoms with E-state index in [4.69, 9.17) is 0 Å². The minimum atomic E-state index is -0.882. The Bertz CT molecular complexity index is 290. The molecule has 0 aromatic heterocycles. The Morgan fingerprint density at radius 3 is 2.21 bits per heavy atom. The van der Waals surface area contributed by atoms with E-state index in [9.17, 15) is 14.7 Å². The van der Waals surface area contributed by atoms with E-state index in [-0.39, 0.29) is 5.91 Å². The van der Waals surface area contributed by atoms with Crippen LogP contribution in [0, 0.1) is 0 Å². The number of amides is 1. The van der Waals surface area contributed by atoms with Gasteiger partial charge in [0.1, 0.15) is 5.54 Å². The summed E-state index contributed by atoms with van der Waals surface area (Å²) in [7, 11) is 0. The molecule has 0 spiro atoms. The van der Waals surface area contributed by atoms with Crippen molar-refractivity contribution in [1.29, 1.82) is 0 Å². The van der Waals surface area contributed by atoms with E-state index >= 15 is 0 Å². The summed E-state index contributed by atoms with van der Waals surface area (Å²) in [5.74, 6) is -0.691. The van der Waals surface area contributed by atoms with E-state index in [1.54, 1.807) is 11.8 Å². The fourth-order valence-electron chi connectivity index (χ4n) is 2.11. The lowest BCUT2D eigenvalue weighted by Crippen LogP contribution is -2.49. The van der Waals surface area contributed by atoms with Crippen LogP contribution < -0.4 is 5.32 Å². The molecule has 0 aromatic carbocycles. The fraction of sp³-hybridized carbons (Fsp3) is 0.857. The number of hydrogen-bond donors (Lipinski definition) is 2. The lowest BCUT2D eigenvalue weighted by Gasteiger charge is -2.26. The Hall–Kier alpha value is -1.10. The van der Waals surface area contributed by atoms with Crippen molar-refractivity contribution in [3.05, 3.63) is 0 Å². The van der Waals surface area contributed by atoms with Crippen LogP contribution in [0.25, 0.3) is 0 Å². The standard InChI is InChI=1S/C14H28N2O3/c1-5-10-14(4,13(18)19)15-11-8-9-12(17)16(6-2)7-3/h15H,5-11H2,1-4H3,(H,18,19). The molecule has 0 radical (unpaired) electrons. The second-order valence-electron chi connectivity index (χ2n) is 4.98. The normalized spacial score (nSPS) is 13.9. The van der Waals surface area contributed by atoms with E-state index < -0.39 is 11.5 Å². The van der Waals surface area contributed by atoms with E-state index in [1.165, 1.54) is 0 Å². The van der Waals surface area contributed by atoms with Crippen molar-refractivity contribution >= 4 is 11.9 Å². The number of carbonyl (C=O) groups is 2. The molecular weight excluding hydrogens is 244 g/mol. The van der Waals surface area contributed by atoms with E-state index in [0.29, 0.717) is 25.8 Å². The van der Waals surface area contributed by atoms with Gasteiger partial charge in [0.2, 0.25) is 5.91 Å². The van der Waals surface area contributed by atoms with Crippen LogP contribution in [0.1, 0.15) is 53.4 Å². The van der Waals surface area contributed by atoms with Crippen LogP contribution in [0.5, 0.6) is 0 Å². The van der Waals surface area contributed by atoms with Gasteiger partial charge < -0.3 is 15.3 Å². The molecule has 0 bridgehead atoms. The Kier molecular flexibility index (Phi) is 8.39. The Morgan fingerprint density at radius 1 is 1.21 bits per heavy atom. The summed E-state index contributed by atoms with van der Waals surface area (Å²) in [5, 5.41) is 12.3. The third-order valence-electron chi connectivity index (χ3n) is 3.42. The van der Waals surface area contributed by atoms with Gasteiger partial charge in [-0.05, 0) is 40.2 Å². The number of rotatable bonds is 10. The van der Waals surface area contributed by atoms with Crippen LogP contribution >= 0.6 is 0 Å². The van der Waals surface area contributed by atoms with Gasteiger partial charge in [-0.2, -0.15) is 0 Å². The highest BCUT2D eigenvalue weighted by Crippen LogP contribution is 2.12. The summed E-state index contributed by atoms with van der Waals surface area (Å²) < 4.78 is 0. The summed E-state index contributed by atoms with van der Waals surface area (Å²) in [6.45, 7) is 9.59. The van der Waals surface area contributed by atoms with Crippen LogP contribution in [0.3, 0.4) is 0 Å². The number of aliphatic carboxylic acids is 1. The number of nitrogens with one attached hydrogen (secondary N) is 1. The third-order valence-corrected chi connectivity index (χ3v) is 3.42. The molecule has 112 valence electrons. The molecule has 0 fully saturated rings. The monoisotopic (exact) mass is 272 g/mol. The Labute approximate surface area is 116 Å². The molecule has 0 aromatic rings. The summed E-state index contributed by atoms with van der Waals surface area (Å²) in [5.41, 5.74) is -0.882. The van der Waals surface area contributed by atoms with Crippen LogP contribution in [0.2, 0.25) is 0 Å². The predicted octanol–water partition coefficient (Wildman–Crippen LogP) is 1.87. The summed E-state index contributed by atoms with van der Waals surface area (Å²) in [4.78, 5) is 24.8. The molecule has 0 aliphatic heterocycles. The van der Waals surface area contributed by atoms with Gasteiger partial charge in [-0.3, -0.25) is 9.59 Å². The number of carbonyl (C=O) groups excluding carboxylic acids is 1. The molecule has 2 N–H and O–H groups in total. The van der Waals surface area contributed by atoms with Crippen molar-refractivity contribution < 1.29 is 14.7 Å². The highest BCUT2D eigenvalue weighted by atomic mass is 16.4. The Balaban J connectivity index is 4.08. The van der Waals surface area contributed by atoms with Crippen molar-refractivity contribution in [2.24, 2.45) is 0 Å². The average molecular weight is 272 g/mol. The van der Waals surface area contributed by atoms with Crippen molar-refractivity contribution in [3.8, 4) is 0 Å². The number of carboxylic acid groups (broad SMARTS) is 1. The summed E-state index contributed by atoms with van der Waals surface area (Å²) >= 11 is 0. The first-order valence-corrected chi connectivity index (χ1v) is 7.17. The third kappa shape index (κ3) is 6.05. The first-order chi connectivity index (χ1) is 8.91. The molecule has 0 aliphatic carbocycles. The average Bonchev–Trinajstić information content (AvgIpc) is 2.36. The largest absolute Gasteiger partial charge is 0.480 e. The molecule has 19 heavy (non-hydrogen) atoms. The highest BCUT2D eigenvalue weighted by Gasteiger charge is 2.30. The van der Waals surface area contributed by atoms with Crippen LogP contribution in [0.15, 0.2) is 0 Å². The predicted molar refractivity (Wildman–Crippen MR) is 76.1 cm³/mol.